The van der Waals surface area contributed by atoms with E-state index in [1.54, 1.807) is 29.2 Å². The lowest BCUT2D eigenvalue weighted by Crippen LogP contribution is -3.05. The van der Waals surface area contributed by atoms with E-state index in [0.29, 0.717) is 30.0 Å². The van der Waals surface area contributed by atoms with Crippen LogP contribution in [0, 0.1) is 0 Å². The molecule has 2 aromatic carbocycles. The predicted octanol–water partition coefficient (Wildman–Crippen LogP) is 1.23. The molecule has 164 valence electrons. The highest BCUT2D eigenvalue weighted by Gasteiger charge is 2.44. The Bertz CT molecular complexity index is 953. The molecule has 1 N–H and O–H groups in total. The van der Waals surface area contributed by atoms with Crippen molar-refractivity contribution in [1.29, 1.82) is 0 Å². The Morgan fingerprint density at radius 2 is 1.84 bits per heavy atom. The van der Waals surface area contributed by atoms with Gasteiger partial charge in [-0.15, -0.1) is 0 Å². The van der Waals surface area contributed by atoms with Crippen LogP contribution in [0.15, 0.2) is 60.2 Å². The van der Waals surface area contributed by atoms with E-state index >= 15 is 0 Å². The van der Waals surface area contributed by atoms with E-state index in [0.717, 1.165) is 19.4 Å². The van der Waals surface area contributed by atoms with E-state index in [9.17, 15) is 14.7 Å². The van der Waals surface area contributed by atoms with Crippen molar-refractivity contribution in [1.82, 2.24) is 4.90 Å². The van der Waals surface area contributed by atoms with Crippen LogP contribution in [0.5, 0.6) is 5.75 Å². The Kier molecular flexibility index (Phi) is 7.47. The van der Waals surface area contributed by atoms with Crippen LogP contribution in [0.3, 0.4) is 0 Å². The van der Waals surface area contributed by atoms with Crippen molar-refractivity contribution < 1.29 is 24.3 Å². The lowest BCUT2D eigenvalue weighted by molar-refractivity contribution is -0.858. The molecule has 1 atom stereocenters. The van der Waals surface area contributed by atoms with Gasteiger partial charge in [0.1, 0.15) is 5.75 Å². The number of nitrogens with one attached hydrogen (secondary N) is 1. The highest BCUT2D eigenvalue weighted by Crippen LogP contribution is 2.39. The van der Waals surface area contributed by atoms with Crippen molar-refractivity contribution in [3.63, 3.8) is 0 Å². The van der Waals surface area contributed by atoms with Crippen LogP contribution in [-0.4, -0.2) is 50.4 Å². The zero-order valence-corrected chi connectivity index (χ0v) is 18.4. The van der Waals surface area contributed by atoms with E-state index in [4.69, 9.17) is 4.74 Å². The summed E-state index contributed by atoms with van der Waals surface area (Å²) >= 11 is 0. The maximum Gasteiger partial charge on any atom is 0.295 e. The summed E-state index contributed by atoms with van der Waals surface area (Å²) in [6.45, 7) is 3.86. The Balaban J connectivity index is 2.06. The van der Waals surface area contributed by atoms with Crippen LogP contribution >= 0.6 is 0 Å². The number of likely N-dealkylation sites (tertiary alicyclic amines) is 1. The molecule has 6 nitrogen and oxygen atoms in total. The molecule has 1 aliphatic rings. The molecule has 1 saturated heterocycles. The summed E-state index contributed by atoms with van der Waals surface area (Å²) in [4.78, 5) is 28.7. The number of ether oxygens (including phenoxy) is 1. The number of ketones is 1. The zero-order chi connectivity index (χ0) is 22.4. The van der Waals surface area contributed by atoms with Gasteiger partial charge < -0.3 is 19.6 Å². The molecular weight excluding hydrogens is 392 g/mol. The minimum Gasteiger partial charge on any atom is -0.872 e. The molecule has 0 saturated carbocycles. The largest absolute Gasteiger partial charge is 0.872 e. The van der Waals surface area contributed by atoms with Crippen LogP contribution in [0.2, 0.25) is 0 Å². The topological polar surface area (TPSA) is 74.1 Å². The maximum absolute atomic E-state index is 13.3. The van der Waals surface area contributed by atoms with Gasteiger partial charge in [0.15, 0.2) is 0 Å². The molecule has 1 amide bonds. The molecule has 1 heterocycles. The highest BCUT2D eigenvalue weighted by atomic mass is 16.5. The zero-order valence-electron chi connectivity index (χ0n) is 18.4. The molecule has 1 aliphatic heterocycles. The number of hydrogen-bond acceptors (Lipinski definition) is 4. The van der Waals surface area contributed by atoms with Gasteiger partial charge in [0.2, 0.25) is 5.78 Å². The van der Waals surface area contributed by atoms with Crippen LogP contribution in [0.4, 0.5) is 0 Å². The molecule has 31 heavy (non-hydrogen) atoms. The number of rotatable bonds is 9. The molecule has 0 radical (unpaired) electrons. The first-order valence-corrected chi connectivity index (χ1v) is 10.8. The van der Waals surface area contributed by atoms with Crippen molar-refractivity contribution >= 4 is 17.4 Å². The lowest BCUT2D eigenvalue weighted by atomic mass is 9.95. The summed E-state index contributed by atoms with van der Waals surface area (Å²) in [5.41, 5.74) is 1.13. The molecular formula is C25H30N2O4. The Hall–Kier alpha value is -3.12. The van der Waals surface area contributed by atoms with Crippen LogP contribution in [0.1, 0.15) is 36.9 Å². The molecule has 1 fully saturated rings. The second-order valence-electron chi connectivity index (χ2n) is 8.07. The third-order valence-electron chi connectivity index (χ3n) is 5.29. The number of carbonyl (C=O) groups is 2. The normalized spacial score (nSPS) is 18.1. The van der Waals surface area contributed by atoms with Crippen molar-refractivity contribution in [2.45, 2.75) is 25.8 Å². The molecule has 0 aromatic heterocycles. The fourth-order valence-corrected chi connectivity index (χ4v) is 3.79. The third-order valence-corrected chi connectivity index (χ3v) is 5.29. The number of benzene rings is 2. The average molecular weight is 423 g/mol. The number of Topliss-reactive ketones (excluding diaryl/α,β-unsaturated/α-hetero) is 1. The summed E-state index contributed by atoms with van der Waals surface area (Å²) in [6, 6.07) is 15.3. The van der Waals surface area contributed by atoms with E-state index in [1.807, 2.05) is 51.4 Å². The van der Waals surface area contributed by atoms with E-state index in [-0.39, 0.29) is 5.57 Å². The van der Waals surface area contributed by atoms with Crippen LogP contribution in [0.25, 0.3) is 5.76 Å². The first-order valence-electron chi connectivity index (χ1n) is 10.8. The maximum atomic E-state index is 13.3. The van der Waals surface area contributed by atoms with Crippen molar-refractivity contribution in [3.8, 4) is 5.75 Å². The number of carbonyl (C=O) groups excluding carboxylic acids is 2. The first kappa shape index (κ1) is 22.6. The van der Waals surface area contributed by atoms with Gasteiger partial charge in [-0.2, -0.15) is 0 Å². The van der Waals surface area contributed by atoms with Gasteiger partial charge in [0.25, 0.3) is 5.91 Å². The minimum absolute atomic E-state index is 0.0149. The second kappa shape index (κ2) is 10.3. The van der Waals surface area contributed by atoms with Gasteiger partial charge in [-0.25, -0.2) is 0 Å². The van der Waals surface area contributed by atoms with Gasteiger partial charge in [-0.3, -0.25) is 9.59 Å². The highest BCUT2D eigenvalue weighted by molar-refractivity contribution is 6.46. The Morgan fingerprint density at radius 1 is 1.10 bits per heavy atom. The van der Waals surface area contributed by atoms with E-state index < -0.39 is 23.5 Å². The van der Waals surface area contributed by atoms with Gasteiger partial charge in [0.05, 0.1) is 33.3 Å². The van der Waals surface area contributed by atoms with Crippen molar-refractivity contribution in [2.75, 3.05) is 33.8 Å². The van der Waals surface area contributed by atoms with Gasteiger partial charge in [-0.1, -0.05) is 55.1 Å². The number of hydrogen-bond donors (Lipinski definition) is 1. The quantitative estimate of drug-likeness (QED) is 0.375. The predicted molar refractivity (Wildman–Crippen MR) is 117 cm³/mol. The van der Waals surface area contributed by atoms with Gasteiger partial charge in [-0.05, 0) is 29.7 Å². The summed E-state index contributed by atoms with van der Waals surface area (Å²) in [5.74, 6) is -1.06. The molecule has 0 bridgehead atoms. The van der Waals surface area contributed by atoms with Crippen LogP contribution in [-0.2, 0) is 9.59 Å². The summed E-state index contributed by atoms with van der Waals surface area (Å²) in [6.07, 6.45) is 1.60. The molecule has 1 unspecified atom stereocenters. The minimum atomic E-state index is -0.713. The fraction of sp³-hybridized carbons (Fsp3) is 0.360. The molecule has 3 rings (SSSR count). The van der Waals surface area contributed by atoms with Gasteiger partial charge in [0, 0.05) is 18.5 Å². The van der Waals surface area contributed by atoms with Crippen molar-refractivity contribution in [3.05, 3.63) is 71.3 Å². The molecule has 6 heteroatoms. The SMILES string of the molecule is CCCOc1cccc(C2C(=C([O-])c3ccccc3)C(=O)C(=O)N2CCC[NH+](C)C)c1. The Morgan fingerprint density at radius 3 is 2.52 bits per heavy atom. The van der Waals surface area contributed by atoms with Crippen LogP contribution < -0.4 is 14.7 Å². The molecule has 2 aromatic rings. The molecule has 0 spiro atoms. The van der Waals surface area contributed by atoms with Gasteiger partial charge >= 0.3 is 0 Å². The summed E-state index contributed by atoms with van der Waals surface area (Å²) < 4.78 is 5.75. The average Bonchev–Trinajstić information content (AvgIpc) is 3.03. The molecule has 0 aliphatic carbocycles. The van der Waals surface area contributed by atoms with E-state index in [2.05, 4.69) is 0 Å². The fourth-order valence-electron chi connectivity index (χ4n) is 3.79. The second-order valence-corrected chi connectivity index (χ2v) is 8.07. The standard InChI is InChI=1S/C25H30N2O4/c1-4-16-31-20-13-8-12-19(17-20)22-21(23(28)18-10-6-5-7-11-18)24(29)25(30)27(22)15-9-14-26(2)3/h5-8,10-13,17,22,28H,4,9,14-16H2,1-3H3. The number of amides is 1. The number of quaternary nitrogens is 1. The smallest absolute Gasteiger partial charge is 0.295 e. The third kappa shape index (κ3) is 5.14. The number of nitrogens with zero attached hydrogens (tertiary/aromatic N) is 1. The van der Waals surface area contributed by atoms with E-state index in [1.165, 1.54) is 4.90 Å². The summed E-state index contributed by atoms with van der Waals surface area (Å²) in [7, 11) is 4.08. The summed E-state index contributed by atoms with van der Waals surface area (Å²) in [5, 5.41) is 13.3. The Labute approximate surface area is 183 Å². The first-order chi connectivity index (χ1) is 14.9. The monoisotopic (exact) mass is 422 g/mol. The lowest BCUT2D eigenvalue weighted by Gasteiger charge is -2.28. The van der Waals surface area contributed by atoms with Crippen molar-refractivity contribution in [2.24, 2.45) is 0 Å².